The number of esters is 1. The van der Waals surface area contributed by atoms with Gasteiger partial charge in [-0.2, -0.15) is 0 Å². The van der Waals surface area contributed by atoms with E-state index in [1.165, 1.54) is 17.2 Å². The highest BCUT2D eigenvalue weighted by Gasteiger charge is 2.05. The quantitative estimate of drug-likeness (QED) is 0.315. The monoisotopic (exact) mass is 344 g/mol. The summed E-state index contributed by atoms with van der Waals surface area (Å²) in [4.78, 5) is 11.9. The Bertz CT molecular complexity index is 595. The van der Waals surface area contributed by atoms with E-state index < -0.39 is 0 Å². The first-order valence-electron chi connectivity index (χ1n) is 9.11. The van der Waals surface area contributed by atoms with Gasteiger partial charge in [-0.05, 0) is 74.8 Å². The predicted molar refractivity (Wildman–Crippen MR) is 105 cm³/mol. The fourth-order valence-corrected chi connectivity index (χ4v) is 2.54. The number of carbonyl (C=O) groups excluding carboxylic acids is 1. The van der Waals surface area contributed by atoms with Crippen LogP contribution in [-0.4, -0.2) is 19.7 Å². The Morgan fingerprint density at radius 1 is 1.24 bits per heavy atom. The molecule has 0 radical (unpaired) electrons. The fraction of sp³-hybridized carbons (Fsp3) is 0.500. The van der Waals surface area contributed by atoms with Gasteiger partial charge in [-0.15, -0.1) is 0 Å². The van der Waals surface area contributed by atoms with E-state index in [0.717, 1.165) is 37.0 Å². The Labute approximate surface area is 152 Å². The normalized spacial score (nSPS) is 12.0. The maximum Gasteiger partial charge on any atom is 0.330 e. The molecule has 0 aromatic heterocycles. The molecule has 0 heterocycles. The molecule has 1 unspecified atom stereocenters. The summed E-state index contributed by atoms with van der Waals surface area (Å²) in [7, 11) is 1.64. The first kappa shape index (κ1) is 21.0. The topological polar surface area (TPSA) is 35.5 Å². The van der Waals surface area contributed by atoms with Crippen LogP contribution in [-0.2, 0) is 16.0 Å². The Morgan fingerprint density at radius 3 is 2.64 bits per heavy atom. The van der Waals surface area contributed by atoms with E-state index in [2.05, 4.69) is 33.8 Å². The number of ether oxygens (including phenoxy) is 2. The lowest BCUT2D eigenvalue weighted by atomic mass is 10.0. The van der Waals surface area contributed by atoms with E-state index >= 15 is 0 Å². The molecule has 138 valence electrons. The number of allylic oxidation sites excluding steroid dienone is 2. The molecule has 0 bridgehead atoms. The number of aryl methyl sites for hydroxylation is 1. The summed E-state index contributed by atoms with van der Waals surface area (Å²) in [6.45, 7) is 8.99. The maximum atomic E-state index is 11.9. The van der Waals surface area contributed by atoms with E-state index in [4.69, 9.17) is 9.47 Å². The van der Waals surface area contributed by atoms with Gasteiger partial charge < -0.3 is 9.47 Å². The van der Waals surface area contributed by atoms with Crippen molar-refractivity contribution in [3.05, 3.63) is 47.1 Å². The maximum absolute atomic E-state index is 11.9. The van der Waals surface area contributed by atoms with Crippen molar-refractivity contribution in [2.45, 2.75) is 53.4 Å². The van der Waals surface area contributed by atoms with Gasteiger partial charge in [-0.25, -0.2) is 4.79 Å². The Morgan fingerprint density at radius 2 is 2.00 bits per heavy atom. The molecule has 0 amide bonds. The predicted octanol–water partition coefficient (Wildman–Crippen LogP) is 5.59. The molecule has 0 aliphatic carbocycles. The summed E-state index contributed by atoms with van der Waals surface area (Å²) in [5, 5.41) is 0. The largest absolute Gasteiger partial charge is 0.497 e. The molecule has 3 heteroatoms. The molecular formula is C22H32O3. The highest BCUT2D eigenvalue weighted by Crippen LogP contribution is 2.19. The zero-order chi connectivity index (χ0) is 18.7. The van der Waals surface area contributed by atoms with Crippen LogP contribution < -0.4 is 4.74 Å². The van der Waals surface area contributed by atoms with E-state index in [9.17, 15) is 4.79 Å². The first-order valence-corrected chi connectivity index (χ1v) is 9.11. The van der Waals surface area contributed by atoms with Gasteiger partial charge in [0.15, 0.2) is 0 Å². The van der Waals surface area contributed by atoms with Crippen molar-refractivity contribution in [1.29, 1.82) is 0 Å². The second-order valence-corrected chi connectivity index (χ2v) is 6.67. The van der Waals surface area contributed by atoms with Gasteiger partial charge in [0.1, 0.15) is 5.75 Å². The second kappa shape index (κ2) is 11.5. The molecule has 1 rings (SSSR count). The van der Waals surface area contributed by atoms with Crippen molar-refractivity contribution in [3.8, 4) is 5.75 Å². The minimum absolute atomic E-state index is 0.290. The van der Waals surface area contributed by atoms with Gasteiger partial charge in [-0.3, -0.25) is 0 Å². The summed E-state index contributed by atoms with van der Waals surface area (Å²) >= 11 is 0. The summed E-state index contributed by atoms with van der Waals surface area (Å²) in [6.07, 6.45) is 9.58. The van der Waals surface area contributed by atoms with Crippen LogP contribution in [0, 0.1) is 5.92 Å². The summed E-state index contributed by atoms with van der Waals surface area (Å²) in [5.41, 5.74) is 3.53. The number of hydrogen-bond donors (Lipinski definition) is 0. The number of rotatable bonds is 10. The van der Waals surface area contributed by atoms with Crippen molar-refractivity contribution < 1.29 is 14.3 Å². The molecular weight excluding hydrogens is 312 g/mol. The molecule has 1 atom stereocenters. The first-order chi connectivity index (χ1) is 12.0. The molecule has 1 aromatic carbocycles. The number of carbonyl (C=O) groups is 1. The molecule has 0 aliphatic rings. The van der Waals surface area contributed by atoms with E-state index in [1.807, 2.05) is 24.3 Å². The lowest BCUT2D eigenvalue weighted by molar-refractivity contribution is -0.138. The van der Waals surface area contributed by atoms with Crippen LogP contribution in [0.1, 0.15) is 58.1 Å². The standard InChI is InChI=1S/C22H32O3/c1-6-19-10-12-21(24-5)16-20(19)11-13-22(23)25-15-14-18(4)9-7-8-17(2)3/h8,10-13,16,18H,6-7,9,14-15H2,1-5H3/b13-11+. The molecule has 0 saturated heterocycles. The lowest BCUT2D eigenvalue weighted by Crippen LogP contribution is -2.06. The van der Waals surface area contributed by atoms with Crippen LogP contribution in [0.5, 0.6) is 5.75 Å². The van der Waals surface area contributed by atoms with Gasteiger partial charge in [0.05, 0.1) is 13.7 Å². The average molecular weight is 344 g/mol. The zero-order valence-electron chi connectivity index (χ0n) is 16.3. The van der Waals surface area contributed by atoms with E-state index in [-0.39, 0.29) is 5.97 Å². The molecule has 0 fully saturated rings. The van der Waals surface area contributed by atoms with Gasteiger partial charge in [0.2, 0.25) is 0 Å². The minimum Gasteiger partial charge on any atom is -0.497 e. The zero-order valence-corrected chi connectivity index (χ0v) is 16.3. The average Bonchev–Trinajstić information content (AvgIpc) is 2.59. The summed E-state index contributed by atoms with van der Waals surface area (Å²) < 4.78 is 10.6. The van der Waals surface area contributed by atoms with Gasteiger partial charge in [0, 0.05) is 6.08 Å². The number of hydrogen-bond acceptors (Lipinski definition) is 3. The van der Waals surface area contributed by atoms with Crippen molar-refractivity contribution >= 4 is 12.0 Å². The van der Waals surface area contributed by atoms with Gasteiger partial charge >= 0.3 is 5.97 Å². The van der Waals surface area contributed by atoms with Crippen molar-refractivity contribution in [1.82, 2.24) is 0 Å². The highest BCUT2D eigenvalue weighted by atomic mass is 16.5. The SMILES string of the molecule is CCc1ccc(OC)cc1/C=C/C(=O)OCCC(C)CCC=C(C)C. The molecule has 0 spiro atoms. The number of benzene rings is 1. The highest BCUT2D eigenvalue weighted by molar-refractivity contribution is 5.87. The Hall–Kier alpha value is -2.03. The molecule has 1 aromatic rings. The van der Waals surface area contributed by atoms with Gasteiger partial charge in [0.25, 0.3) is 0 Å². The number of methoxy groups -OCH3 is 1. The smallest absolute Gasteiger partial charge is 0.330 e. The molecule has 3 nitrogen and oxygen atoms in total. The van der Waals surface area contributed by atoms with E-state index in [1.54, 1.807) is 7.11 Å². The summed E-state index contributed by atoms with van der Waals surface area (Å²) in [5.74, 6) is 1.05. The Kier molecular flexibility index (Phi) is 9.68. The molecule has 25 heavy (non-hydrogen) atoms. The van der Waals surface area contributed by atoms with Crippen LogP contribution >= 0.6 is 0 Å². The third-order valence-electron chi connectivity index (χ3n) is 4.20. The van der Waals surface area contributed by atoms with Crippen LogP contribution in [0.25, 0.3) is 6.08 Å². The minimum atomic E-state index is -0.290. The lowest BCUT2D eigenvalue weighted by Gasteiger charge is -2.10. The fourth-order valence-electron chi connectivity index (χ4n) is 2.54. The Balaban J connectivity index is 2.44. The van der Waals surface area contributed by atoms with Crippen molar-refractivity contribution in [3.63, 3.8) is 0 Å². The third-order valence-corrected chi connectivity index (χ3v) is 4.20. The second-order valence-electron chi connectivity index (χ2n) is 6.67. The van der Waals surface area contributed by atoms with Crippen LogP contribution in [0.2, 0.25) is 0 Å². The van der Waals surface area contributed by atoms with Gasteiger partial charge in [-0.1, -0.05) is 31.6 Å². The van der Waals surface area contributed by atoms with Crippen LogP contribution in [0.4, 0.5) is 0 Å². The van der Waals surface area contributed by atoms with Crippen molar-refractivity contribution in [2.75, 3.05) is 13.7 Å². The molecule has 0 aliphatic heterocycles. The molecule has 0 saturated carbocycles. The van der Waals surface area contributed by atoms with Crippen LogP contribution in [0.3, 0.4) is 0 Å². The van der Waals surface area contributed by atoms with E-state index in [0.29, 0.717) is 12.5 Å². The molecule has 0 N–H and O–H groups in total. The van der Waals surface area contributed by atoms with Crippen LogP contribution in [0.15, 0.2) is 35.9 Å². The van der Waals surface area contributed by atoms with Crippen molar-refractivity contribution in [2.24, 2.45) is 5.92 Å². The summed E-state index contributed by atoms with van der Waals surface area (Å²) in [6, 6.07) is 5.90. The third kappa shape index (κ3) is 8.57.